The van der Waals surface area contributed by atoms with E-state index in [9.17, 15) is 9.18 Å². The van der Waals surface area contributed by atoms with Crippen LogP contribution in [0.4, 0.5) is 4.39 Å². The molecule has 3 nitrogen and oxygen atoms in total. The summed E-state index contributed by atoms with van der Waals surface area (Å²) in [6, 6.07) is 3.65. The lowest BCUT2D eigenvalue weighted by atomic mass is 10.2. The minimum Gasteiger partial charge on any atom is -0.375 e. The number of ether oxygens (including phenoxy) is 1. The number of rotatable bonds is 6. The van der Waals surface area contributed by atoms with E-state index in [1.165, 1.54) is 12.1 Å². The zero-order valence-electron chi connectivity index (χ0n) is 10.1. The van der Waals surface area contributed by atoms with E-state index in [-0.39, 0.29) is 16.5 Å². The number of carbonyl (C=O) groups excluding carboxylic acids is 1. The molecule has 98 valence electrons. The molecule has 1 N–H and O–H groups in total. The Morgan fingerprint density at radius 2 is 2.28 bits per heavy atom. The van der Waals surface area contributed by atoms with E-state index < -0.39 is 5.82 Å². The molecule has 0 saturated carbocycles. The molecule has 0 spiro atoms. The van der Waals surface area contributed by atoms with E-state index in [1.54, 1.807) is 0 Å². The summed E-state index contributed by atoms with van der Waals surface area (Å²) in [7, 11) is 0. The Kier molecular flexibility index (Phi) is 5.82. The number of hydrogen-bond acceptors (Lipinski definition) is 2. The molecular weight excluding hydrogens is 257 g/mol. The highest BCUT2D eigenvalue weighted by Gasteiger charge is 2.10. The van der Waals surface area contributed by atoms with Crippen molar-refractivity contribution in [1.29, 1.82) is 0 Å². The Labute approximate surface area is 111 Å². The molecule has 1 rings (SSSR count). The van der Waals surface area contributed by atoms with Gasteiger partial charge in [-0.15, -0.1) is 0 Å². The first-order valence-corrected chi connectivity index (χ1v) is 5.84. The second-order valence-corrected chi connectivity index (χ2v) is 4.30. The third kappa shape index (κ3) is 4.85. The topological polar surface area (TPSA) is 38.3 Å². The predicted molar refractivity (Wildman–Crippen MR) is 69.4 cm³/mol. The Morgan fingerprint density at radius 1 is 1.56 bits per heavy atom. The summed E-state index contributed by atoms with van der Waals surface area (Å²) in [6.07, 6.45) is 0. The lowest BCUT2D eigenvalue weighted by Gasteiger charge is -2.07. The van der Waals surface area contributed by atoms with Gasteiger partial charge in [0.1, 0.15) is 5.82 Å². The highest BCUT2D eigenvalue weighted by atomic mass is 35.5. The predicted octanol–water partition coefficient (Wildman–Crippen LogP) is 2.80. The molecule has 1 aromatic rings. The van der Waals surface area contributed by atoms with Crippen molar-refractivity contribution in [3.05, 3.63) is 46.8 Å². The normalized spacial score (nSPS) is 10.2. The quantitative estimate of drug-likeness (QED) is 0.638. The second-order valence-electron chi connectivity index (χ2n) is 3.89. The molecule has 0 aliphatic carbocycles. The Balaban J connectivity index is 2.39. The molecule has 0 radical (unpaired) electrons. The molecule has 0 bridgehead atoms. The van der Waals surface area contributed by atoms with E-state index in [4.69, 9.17) is 16.3 Å². The van der Waals surface area contributed by atoms with E-state index >= 15 is 0 Å². The fourth-order valence-corrected chi connectivity index (χ4v) is 1.51. The zero-order valence-corrected chi connectivity index (χ0v) is 10.9. The van der Waals surface area contributed by atoms with Crippen molar-refractivity contribution in [3.63, 3.8) is 0 Å². The maximum Gasteiger partial charge on any atom is 0.252 e. The van der Waals surface area contributed by atoms with Gasteiger partial charge in [-0.2, -0.15) is 0 Å². The van der Waals surface area contributed by atoms with Gasteiger partial charge in [-0.1, -0.05) is 23.8 Å². The highest BCUT2D eigenvalue weighted by Crippen LogP contribution is 2.16. The first-order valence-electron chi connectivity index (χ1n) is 5.46. The van der Waals surface area contributed by atoms with Crippen LogP contribution in [0.15, 0.2) is 30.4 Å². The van der Waals surface area contributed by atoms with Gasteiger partial charge < -0.3 is 10.1 Å². The Bertz CT molecular complexity index is 449. The summed E-state index contributed by atoms with van der Waals surface area (Å²) in [5.41, 5.74) is 1.17. The molecule has 1 aromatic carbocycles. The molecule has 0 aromatic heterocycles. The van der Waals surface area contributed by atoms with Gasteiger partial charge in [-0.05, 0) is 25.1 Å². The van der Waals surface area contributed by atoms with Crippen LogP contribution in [0.25, 0.3) is 0 Å². The number of nitrogens with one attached hydrogen (secondary N) is 1. The maximum absolute atomic E-state index is 12.8. The van der Waals surface area contributed by atoms with Crippen molar-refractivity contribution in [2.24, 2.45) is 0 Å². The molecule has 0 aliphatic heterocycles. The summed E-state index contributed by atoms with van der Waals surface area (Å²) in [5, 5.41) is 2.73. The fourth-order valence-electron chi connectivity index (χ4n) is 1.25. The lowest BCUT2D eigenvalue weighted by molar-refractivity contribution is 0.0927. The zero-order chi connectivity index (χ0) is 13.5. The van der Waals surface area contributed by atoms with Crippen LogP contribution in [0.5, 0.6) is 0 Å². The van der Waals surface area contributed by atoms with Crippen molar-refractivity contribution in [2.75, 3.05) is 19.8 Å². The standard InChI is InChI=1S/C13H15ClFNO2/c1-9(2)8-18-6-5-16-13(17)11-4-3-10(15)7-12(11)14/h3-4,7H,1,5-6,8H2,2H3,(H,16,17). The molecule has 18 heavy (non-hydrogen) atoms. The van der Waals surface area contributed by atoms with Crippen molar-refractivity contribution < 1.29 is 13.9 Å². The SMILES string of the molecule is C=C(C)COCCNC(=O)c1ccc(F)cc1Cl. The van der Waals surface area contributed by atoms with Crippen LogP contribution in [-0.2, 0) is 4.74 Å². The van der Waals surface area contributed by atoms with Crippen LogP contribution in [0, 0.1) is 5.82 Å². The summed E-state index contributed by atoms with van der Waals surface area (Å²) in [6.45, 7) is 6.76. The molecule has 1 amide bonds. The summed E-state index contributed by atoms with van der Waals surface area (Å²) in [5.74, 6) is -0.819. The van der Waals surface area contributed by atoms with Crippen molar-refractivity contribution in [3.8, 4) is 0 Å². The molecule has 0 atom stereocenters. The smallest absolute Gasteiger partial charge is 0.252 e. The van der Waals surface area contributed by atoms with Gasteiger partial charge in [0.15, 0.2) is 0 Å². The van der Waals surface area contributed by atoms with Crippen molar-refractivity contribution in [1.82, 2.24) is 5.32 Å². The van der Waals surface area contributed by atoms with E-state index in [2.05, 4.69) is 11.9 Å². The first-order chi connectivity index (χ1) is 8.50. The molecule has 0 unspecified atom stereocenters. The van der Waals surface area contributed by atoms with Gasteiger partial charge in [0, 0.05) is 6.54 Å². The molecule has 0 aliphatic rings. The minimum atomic E-state index is -0.471. The molecule has 0 saturated heterocycles. The van der Waals surface area contributed by atoms with Crippen LogP contribution < -0.4 is 5.32 Å². The average molecular weight is 272 g/mol. The number of halogens is 2. The summed E-state index contributed by atoms with van der Waals surface area (Å²) < 4.78 is 18.0. The van der Waals surface area contributed by atoms with Crippen LogP contribution in [0.3, 0.4) is 0 Å². The maximum atomic E-state index is 12.8. The summed E-state index contributed by atoms with van der Waals surface area (Å²) >= 11 is 5.76. The monoisotopic (exact) mass is 271 g/mol. The van der Waals surface area contributed by atoms with Gasteiger partial charge >= 0.3 is 0 Å². The number of carbonyl (C=O) groups is 1. The van der Waals surface area contributed by atoms with E-state index in [1.807, 2.05) is 6.92 Å². The third-order valence-electron chi connectivity index (χ3n) is 2.06. The Hall–Kier alpha value is -1.39. The van der Waals surface area contributed by atoms with Crippen LogP contribution in [0.2, 0.25) is 5.02 Å². The van der Waals surface area contributed by atoms with Gasteiger partial charge in [0.05, 0.1) is 23.8 Å². The number of amides is 1. The first kappa shape index (κ1) is 14.7. The van der Waals surface area contributed by atoms with Crippen molar-refractivity contribution in [2.45, 2.75) is 6.92 Å². The van der Waals surface area contributed by atoms with Crippen LogP contribution >= 0.6 is 11.6 Å². The van der Waals surface area contributed by atoms with Crippen molar-refractivity contribution >= 4 is 17.5 Å². The van der Waals surface area contributed by atoms with Gasteiger partial charge in [0.25, 0.3) is 5.91 Å². The van der Waals surface area contributed by atoms with E-state index in [0.29, 0.717) is 19.8 Å². The average Bonchev–Trinajstić information content (AvgIpc) is 2.27. The van der Waals surface area contributed by atoms with E-state index in [0.717, 1.165) is 11.6 Å². The lowest BCUT2D eigenvalue weighted by Crippen LogP contribution is -2.27. The fraction of sp³-hybridized carbons (Fsp3) is 0.308. The molecule has 0 fully saturated rings. The second kappa shape index (κ2) is 7.13. The third-order valence-corrected chi connectivity index (χ3v) is 2.37. The molecular formula is C13H15ClFNO2. The van der Waals surface area contributed by atoms with Gasteiger partial charge in [-0.3, -0.25) is 4.79 Å². The Morgan fingerprint density at radius 3 is 2.89 bits per heavy atom. The van der Waals surface area contributed by atoms with Crippen LogP contribution in [0.1, 0.15) is 17.3 Å². The van der Waals surface area contributed by atoms with Crippen LogP contribution in [-0.4, -0.2) is 25.7 Å². The molecule has 5 heteroatoms. The highest BCUT2D eigenvalue weighted by molar-refractivity contribution is 6.33. The number of hydrogen-bond donors (Lipinski definition) is 1. The summed E-state index contributed by atoms with van der Waals surface area (Å²) in [4.78, 5) is 11.7. The number of benzene rings is 1. The molecule has 0 heterocycles. The van der Waals surface area contributed by atoms with Gasteiger partial charge in [0.2, 0.25) is 0 Å². The minimum absolute atomic E-state index is 0.0929. The van der Waals surface area contributed by atoms with Gasteiger partial charge in [-0.25, -0.2) is 4.39 Å². The largest absolute Gasteiger partial charge is 0.375 e.